The Morgan fingerprint density at radius 1 is 1.55 bits per heavy atom. The molecule has 0 radical (unpaired) electrons. The Balaban J connectivity index is 3.60. The van der Waals surface area contributed by atoms with Crippen molar-refractivity contribution in [3.63, 3.8) is 0 Å². The molecule has 0 aliphatic heterocycles. The Labute approximate surface area is 70.5 Å². The summed E-state index contributed by atoms with van der Waals surface area (Å²) in [5, 5.41) is 0.0429. The van der Waals surface area contributed by atoms with Crippen molar-refractivity contribution in [3.8, 4) is 0 Å². The van der Waals surface area contributed by atoms with E-state index >= 15 is 0 Å². The van der Waals surface area contributed by atoms with Crippen LogP contribution in [0, 0.1) is 0 Å². The molecule has 0 saturated carbocycles. The number of ether oxygens (including phenoxy) is 1. The maximum atomic E-state index is 10.7. The second-order valence-corrected chi connectivity index (χ2v) is 3.82. The zero-order chi connectivity index (χ0) is 8.85. The molecule has 0 aromatic rings. The molecule has 0 aromatic carbocycles. The van der Waals surface area contributed by atoms with Gasteiger partial charge in [0.2, 0.25) is 0 Å². The third-order valence-electron chi connectivity index (χ3n) is 1.05. The first-order chi connectivity index (χ1) is 5.06. The van der Waals surface area contributed by atoms with Gasteiger partial charge in [0.1, 0.15) is 0 Å². The number of hydrogen-bond donors (Lipinski definition) is 0. The fourth-order valence-electron chi connectivity index (χ4n) is 0.643. The summed E-state index contributed by atoms with van der Waals surface area (Å²) >= 11 is 1.16. The molecule has 3 nitrogen and oxygen atoms in total. The van der Waals surface area contributed by atoms with Crippen molar-refractivity contribution in [1.82, 2.24) is 0 Å². The van der Waals surface area contributed by atoms with Gasteiger partial charge in [0, 0.05) is 12.2 Å². The van der Waals surface area contributed by atoms with Crippen molar-refractivity contribution in [2.45, 2.75) is 25.5 Å². The molecule has 0 spiro atoms. The van der Waals surface area contributed by atoms with Crippen LogP contribution < -0.4 is 0 Å². The number of thioether (sulfide) groups is 1. The average molecular weight is 176 g/mol. The normalized spacial score (nSPS) is 12.3. The number of rotatable bonds is 3. The van der Waals surface area contributed by atoms with Gasteiger partial charge < -0.3 is 4.74 Å². The fourth-order valence-corrected chi connectivity index (χ4v) is 1.43. The van der Waals surface area contributed by atoms with Crippen molar-refractivity contribution in [2.24, 2.45) is 0 Å². The summed E-state index contributed by atoms with van der Waals surface area (Å²) in [4.78, 5) is 21.2. The van der Waals surface area contributed by atoms with Crippen LogP contribution in [0.5, 0.6) is 0 Å². The van der Waals surface area contributed by atoms with E-state index < -0.39 is 0 Å². The van der Waals surface area contributed by atoms with Gasteiger partial charge in [-0.3, -0.25) is 9.59 Å². The van der Waals surface area contributed by atoms with Crippen LogP contribution in [0.25, 0.3) is 0 Å². The Kier molecular flexibility index (Phi) is 4.94. The number of methoxy groups -OCH3 is 1. The third kappa shape index (κ3) is 5.91. The highest BCUT2D eigenvalue weighted by Crippen LogP contribution is 2.14. The average Bonchev–Trinajstić information content (AvgIpc) is 1.85. The van der Waals surface area contributed by atoms with Gasteiger partial charge in [-0.05, 0) is 0 Å². The van der Waals surface area contributed by atoms with Gasteiger partial charge in [0.25, 0.3) is 0 Å². The van der Waals surface area contributed by atoms with Crippen LogP contribution in [-0.2, 0) is 14.3 Å². The van der Waals surface area contributed by atoms with E-state index in [-0.39, 0.29) is 16.3 Å². The number of carbonyl (C=O) groups is 2. The van der Waals surface area contributed by atoms with Crippen molar-refractivity contribution in [1.29, 1.82) is 0 Å². The highest BCUT2D eigenvalue weighted by Gasteiger charge is 2.10. The van der Waals surface area contributed by atoms with E-state index in [2.05, 4.69) is 4.74 Å². The zero-order valence-electron chi connectivity index (χ0n) is 6.92. The summed E-state index contributed by atoms with van der Waals surface area (Å²) < 4.78 is 4.44. The lowest BCUT2D eigenvalue weighted by Gasteiger charge is -2.05. The highest BCUT2D eigenvalue weighted by molar-refractivity contribution is 8.14. The lowest BCUT2D eigenvalue weighted by Crippen LogP contribution is -2.09. The number of esters is 1. The molecular weight excluding hydrogens is 164 g/mol. The Morgan fingerprint density at radius 2 is 2.09 bits per heavy atom. The summed E-state index contributed by atoms with van der Waals surface area (Å²) in [6, 6.07) is 0. The van der Waals surface area contributed by atoms with Gasteiger partial charge in [-0.15, -0.1) is 0 Å². The maximum Gasteiger partial charge on any atom is 0.306 e. The molecule has 0 saturated heterocycles. The first-order valence-electron chi connectivity index (χ1n) is 3.30. The summed E-state index contributed by atoms with van der Waals surface area (Å²) in [6.45, 7) is 3.31. The van der Waals surface area contributed by atoms with Crippen molar-refractivity contribution in [3.05, 3.63) is 0 Å². The van der Waals surface area contributed by atoms with Gasteiger partial charge in [0.05, 0.1) is 13.5 Å². The summed E-state index contributed by atoms with van der Waals surface area (Å²) in [6.07, 6.45) is 0.292. The third-order valence-corrected chi connectivity index (χ3v) is 1.95. The molecule has 0 aromatic heterocycles. The van der Waals surface area contributed by atoms with Crippen LogP contribution in [-0.4, -0.2) is 23.4 Å². The van der Waals surface area contributed by atoms with Crippen LogP contribution in [0.4, 0.5) is 0 Å². The molecule has 1 atom stereocenters. The molecule has 0 amide bonds. The second-order valence-electron chi connectivity index (χ2n) is 2.20. The summed E-state index contributed by atoms with van der Waals surface area (Å²) in [5.74, 6) is -0.272. The van der Waals surface area contributed by atoms with Crippen LogP contribution in [0.1, 0.15) is 20.3 Å². The van der Waals surface area contributed by atoms with E-state index in [1.165, 1.54) is 14.0 Å². The lowest BCUT2D eigenvalue weighted by molar-refractivity contribution is -0.140. The predicted molar refractivity (Wildman–Crippen MR) is 44.4 cm³/mol. The van der Waals surface area contributed by atoms with E-state index in [1.54, 1.807) is 0 Å². The minimum atomic E-state index is -0.272. The molecule has 1 unspecified atom stereocenters. The van der Waals surface area contributed by atoms with Crippen molar-refractivity contribution < 1.29 is 14.3 Å². The van der Waals surface area contributed by atoms with Gasteiger partial charge in [-0.2, -0.15) is 0 Å². The standard InChI is InChI=1S/C7H12O3S/c1-5(11-6(2)8)4-7(9)10-3/h5H,4H2,1-3H3. The van der Waals surface area contributed by atoms with Crippen molar-refractivity contribution in [2.75, 3.05) is 7.11 Å². The Hall–Kier alpha value is -0.510. The minimum absolute atomic E-state index is 0.0138. The van der Waals surface area contributed by atoms with Crippen LogP contribution >= 0.6 is 11.8 Å². The molecule has 11 heavy (non-hydrogen) atoms. The van der Waals surface area contributed by atoms with Crippen molar-refractivity contribution >= 4 is 22.8 Å². The maximum absolute atomic E-state index is 10.7. The Morgan fingerprint density at radius 3 is 2.45 bits per heavy atom. The minimum Gasteiger partial charge on any atom is -0.469 e. The second kappa shape index (κ2) is 5.18. The zero-order valence-corrected chi connectivity index (χ0v) is 7.73. The number of hydrogen-bond acceptors (Lipinski definition) is 4. The van der Waals surface area contributed by atoms with Crippen LogP contribution in [0.3, 0.4) is 0 Å². The van der Waals surface area contributed by atoms with Gasteiger partial charge in [0.15, 0.2) is 5.12 Å². The van der Waals surface area contributed by atoms with E-state index in [4.69, 9.17) is 0 Å². The predicted octanol–water partition coefficient (Wildman–Crippen LogP) is 1.22. The van der Waals surface area contributed by atoms with Crippen LogP contribution in [0.15, 0.2) is 0 Å². The van der Waals surface area contributed by atoms with E-state index in [1.807, 2.05) is 6.92 Å². The molecule has 0 aliphatic rings. The highest BCUT2D eigenvalue weighted by atomic mass is 32.2. The molecule has 0 N–H and O–H groups in total. The largest absolute Gasteiger partial charge is 0.469 e. The van der Waals surface area contributed by atoms with Gasteiger partial charge in [-0.25, -0.2) is 0 Å². The van der Waals surface area contributed by atoms with E-state index in [0.29, 0.717) is 6.42 Å². The van der Waals surface area contributed by atoms with Gasteiger partial charge in [-0.1, -0.05) is 18.7 Å². The SMILES string of the molecule is COC(=O)CC(C)SC(C)=O. The molecule has 64 valence electrons. The smallest absolute Gasteiger partial charge is 0.306 e. The Bertz CT molecular complexity index is 156. The monoisotopic (exact) mass is 176 g/mol. The summed E-state index contributed by atoms with van der Waals surface area (Å²) in [7, 11) is 1.34. The molecule has 0 aliphatic carbocycles. The topological polar surface area (TPSA) is 43.4 Å². The molecule has 0 rings (SSSR count). The number of carbonyl (C=O) groups excluding carboxylic acids is 2. The van der Waals surface area contributed by atoms with E-state index in [0.717, 1.165) is 11.8 Å². The molecule has 0 bridgehead atoms. The van der Waals surface area contributed by atoms with Crippen LogP contribution in [0.2, 0.25) is 0 Å². The molecular formula is C7H12O3S. The van der Waals surface area contributed by atoms with E-state index in [9.17, 15) is 9.59 Å². The van der Waals surface area contributed by atoms with Gasteiger partial charge >= 0.3 is 5.97 Å². The first-order valence-corrected chi connectivity index (χ1v) is 4.18. The molecule has 0 fully saturated rings. The quantitative estimate of drug-likeness (QED) is 0.606. The lowest BCUT2D eigenvalue weighted by atomic mass is 10.3. The summed E-state index contributed by atoms with van der Waals surface area (Å²) in [5.41, 5.74) is 0. The molecule has 4 heteroatoms. The molecule has 0 heterocycles. The fraction of sp³-hybridized carbons (Fsp3) is 0.714. The first kappa shape index (κ1) is 10.5.